The molecule has 0 N–H and O–H groups in total. The quantitative estimate of drug-likeness (QED) is 0.0374. The Morgan fingerprint density at radius 3 is 1.61 bits per heavy atom. The minimum Gasteiger partial charge on any atom is -0.394 e. The first-order valence-electron chi connectivity index (χ1n) is 16.0. The highest BCUT2D eigenvalue weighted by Gasteiger charge is 2.30. The first kappa shape index (κ1) is 36.6. The second kappa shape index (κ2) is 27.2. The van der Waals surface area contributed by atoms with Gasteiger partial charge in [0.25, 0.3) is 0 Å². The van der Waals surface area contributed by atoms with Gasteiger partial charge in [0.1, 0.15) is 6.29 Å². The number of unbranched alkanes of at least 4 members (excludes halogenated alkanes) is 14. The Morgan fingerprint density at radius 1 is 0.583 bits per heavy atom. The van der Waals surface area contributed by atoms with Crippen LogP contribution in [0.4, 0.5) is 0 Å². The summed E-state index contributed by atoms with van der Waals surface area (Å²) in [7, 11) is -2.23. The van der Waals surface area contributed by atoms with Crippen LogP contribution in [0.15, 0.2) is 0 Å². The molecule has 0 spiro atoms. The Morgan fingerprint density at radius 2 is 1.06 bits per heavy atom. The summed E-state index contributed by atoms with van der Waals surface area (Å²) in [5, 5.41) is 1.10. The molecule has 0 aromatic heterocycles. The van der Waals surface area contributed by atoms with Gasteiger partial charge in [0.15, 0.2) is 0 Å². The van der Waals surface area contributed by atoms with Crippen LogP contribution in [0.5, 0.6) is 0 Å². The lowest BCUT2D eigenvalue weighted by atomic mass is 9.95. The standard InChI is InChI=1S/C31H65BrO3Si/c1-6-9-12-15-20-25-30(24-19-14-11-8-3)29-34-36(4,5)35-31(26-21-16-13-10-7-2)33-28-23-18-17-22-27-32/h30-31H,6-29H2,1-5H3. The number of hydrogen-bond donors (Lipinski definition) is 0. The highest BCUT2D eigenvalue weighted by atomic mass is 79.9. The highest BCUT2D eigenvalue weighted by Crippen LogP contribution is 2.23. The minimum absolute atomic E-state index is 0.0958. The fourth-order valence-corrected chi connectivity index (χ4v) is 6.65. The zero-order valence-electron chi connectivity index (χ0n) is 25.2. The number of halogens is 1. The van der Waals surface area contributed by atoms with Crippen molar-refractivity contribution in [2.45, 2.75) is 175 Å². The van der Waals surface area contributed by atoms with Crippen LogP contribution in [0, 0.1) is 5.92 Å². The molecule has 2 unspecified atom stereocenters. The van der Waals surface area contributed by atoms with Gasteiger partial charge < -0.3 is 13.6 Å². The summed E-state index contributed by atoms with van der Waals surface area (Å²) < 4.78 is 19.5. The van der Waals surface area contributed by atoms with Crippen molar-refractivity contribution in [3.63, 3.8) is 0 Å². The van der Waals surface area contributed by atoms with Crippen molar-refractivity contribution in [1.29, 1.82) is 0 Å². The molecule has 0 heterocycles. The van der Waals surface area contributed by atoms with Crippen LogP contribution in [0.3, 0.4) is 0 Å². The third kappa shape index (κ3) is 24.9. The van der Waals surface area contributed by atoms with Gasteiger partial charge >= 0.3 is 8.56 Å². The Kier molecular flexibility index (Phi) is 27.6. The number of rotatable bonds is 29. The van der Waals surface area contributed by atoms with Crippen molar-refractivity contribution in [2.24, 2.45) is 5.92 Å². The van der Waals surface area contributed by atoms with E-state index in [0.717, 1.165) is 31.4 Å². The van der Waals surface area contributed by atoms with Crippen LogP contribution in [0.25, 0.3) is 0 Å². The van der Waals surface area contributed by atoms with E-state index in [1.165, 1.54) is 122 Å². The maximum Gasteiger partial charge on any atom is 0.333 e. The fourth-order valence-electron chi connectivity index (χ4n) is 4.73. The maximum atomic E-state index is 6.61. The molecular weight excluding hydrogens is 528 g/mol. The van der Waals surface area contributed by atoms with Crippen molar-refractivity contribution in [3.8, 4) is 0 Å². The van der Waals surface area contributed by atoms with Crippen LogP contribution < -0.4 is 0 Å². The SMILES string of the molecule is CCCCCCCC(CCCCCC)CO[Si](C)(C)OC(CCCCCCC)OCCCCCCBr. The first-order valence-corrected chi connectivity index (χ1v) is 19.9. The molecule has 0 saturated carbocycles. The molecule has 0 rings (SSSR count). The Bertz CT molecular complexity index is 436. The molecule has 36 heavy (non-hydrogen) atoms. The molecule has 0 aromatic rings. The van der Waals surface area contributed by atoms with Gasteiger partial charge in [0.05, 0.1) is 0 Å². The Labute approximate surface area is 237 Å². The summed E-state index contributed by atoms with van der Waals surface area (Å²) in [5.74, 6) is 0.682. The fraction of sp³-hybridized carbons (Fsp3) is 1.00. The van der Waals surface area contributed by atoms with Gasteiger partial charge in [-0.3, -0.25) is 0 Å². The van der Waals surface area contributed by atoms with E-state index in [0.29, 0.717) is 5.92 Å². The predicted molar refractivity (Wildman–Crippen MR) is 166 cm³/mol. The van der Waals surface area contributed by atoms with Gasteiger partial charge in [-0.1, -0.05) is 133 Å². The third-order valence-corrected chi connectivity index (χ3v) is 9.39. The van der Waals surface area contributed by atoms with Gasteiger partial charge in [-0.15, -0.1) is 0 Å². The predicted octanol–water partition coefficient (Wildman–Crippen LogP) is 11.3. The summed E-state index contributed by atoms with van der Waals surface area (Å²) in [6.07, 6.45) is 27.0. The lowest BCUT2D eigenvalue weighted by Crippen LogP contribution is -2.41. The summed E-state index contributed by atoms with van der Waals surface area (Å²) in [6, 6.07) is 0. The largest absolute Gasteiger partial charge is 0.394 e. The van der Waals surface area contributed by atoms with Gasteiger partial charge in [-0.2, -0.15) is 0 Å². The van der Waals surface area contributed by atoms with Crippen LogP contribution >= 0.6 is 15.9 Å². The highest BCUT2D eigenvalue weighted by molar-refractivity contribution is 9.09. The maximum absolute atomic E-state index is 6.61. The third-order valence-electron chi connectivity index (χ3n) is 7.14. The molecular formula is C31H65BrO3Si. The molecule has 0 fully saturated rings. The van der Waals surface area contributed by atoms with E-state index in [9.17, 15) is 0 Å². The number of ether oxygens (including phenoxy) is 1. The number of hydrogen-bond acceptors (Lipinski definition) is 3. The molecule has 0 saturated heterocycles. The molecule has 0 aliphatic rings. The van der Waals surface area contributed by atoms with Gasteiger partial charge in [0, 0.05) is 18.5 Å². The van der Waals surface area contributed by atoms with E-state index in [2.05, 4.69) is 49.8 Å². The van der Waals surface area contributed by atoms with Crippen molar-refractivity contribution in [2.75, 3.05) is 18.5 Å². The van der Waals surface area contributed by atoms with Crippen LogP contribution in [0.1, 0.15) is 156 Å². The summed E-state index contributed by atoms with van der Waals surface area (Å²) in [6.45, 7) is 13.0. The van der Waals surface area contributed by atoms with E-state index in [4.69, 9.17) is 13.6 Å². The second-order valence-electron chi connectivity index (χ2n) is 11.4. The smallest absolute Gasteiger partial charge is 0.333 e. The first-order chi connectivity index (χ1) is 17.5. The van der Waals surface area contributed by atoms with Crippen molar-refractivity contribution in [3.05, 3.63) is 0 Å². The summed E-state index contributed by atoms with van der Waals surface area (Å²) in [4.78, 5) is 0. The second-order valence-corrected chi connectivity index (χ2v) is 15.5. The Balaban J connectivity index is 4.67. The van der Waals surface area contributed by atoms with E-state index >= 15 is 0 Å². The van der Waals surface area contributed by atoms with E-state index in [1.54, 1.807) is 0 Å². The molecule has 0 aromatic carbocycles. The average Bonchev–Trinajstić information content (AvgIpc) is 2.86. The molecule has 0 bridgehead atoms. The van der Waals surface area contributed by atoms with Gasteiger partial charge in [-0.05, 0) is 57.5 Å². The molecule has 2 atom stereocenters. The van der Waals surface area contributed by atoms with E-state index in [1.807, 2.05) is 0 Å². The topological polar surface area (TPSA) is 27.7 Å². The van der Waals surface area contributed by atoms with Crippen LogP contribution in [-0.4, -0.2) is 33.4 Å². The van der Waals surface area contributed by atoms with Gasteiger partial charge in [-0.25, -0.2) is 0 Å². The Hall–Kier alpha value is 0.577. The molecule has 0 radical (unpaired) electrons. The lowest BCUT2D eigenvalue weighted by molar-refractivity contribution is -0.105. The molecule has 218 valence electrons. The summed E-state index contributed by atoms with van der Waals surface area (Å²) in [5.41, 5.74) is 0. The number of alkyl halides is 1. The summed E-state index contributed by atoms with van der Waals surface area (Å²) >= 11 is 3.53. The average molecular weight is 594 g/mol. The zero-order chi connectivity index (χ0) is 26.7. The molecule has 0 aliphatic heterocycles. The normalized spacial score (nSPS) is 13.8. The molecule has 5 heteroatoms. The van der Waals surface area contributed by atoms with Crippen molar-refractivity contribution >= 4 is 24.5 Å². The van der Waals surface area contributed by atoms with Crippen LogP contribution in [-0.2, 0) is 13.6 Å². The molecule has 0 amide bonds. The monoisotopic (exact) mass is 592 g/mol. The van der Waals surface area contributed by atoms with E-state index in [-0.39, 0.29) is 6.29 Å². The lowest BCUT2D eigenvalue weighted by Gasteiger charge is -2.31. The van der Waals surface area contributed by atoms with Crippen molar-refractivity contribution in [1.82, 2.24) is 0 Å². The minimum atomic E-state index is -2.23. The van der Waals surface area contributed by atoms with Crippen LogP contribution in [0.2, 0.25) is 13.1 Å². The zero-order valence-corrected chi connectivity index (χ0v) is 27.8. The molecule has 3 nitrogen and oxygen atoms in total. The van der Waals surface area contributed by atoms with Gasteiger partial charge in [0.2, 0.25) is 0 Å². The molecule has 0 aliphatic carbocycles. The van der Waals surface area contributed by atoms with E-state index < -0.39 is 8.56 Å². The van der Waals surface area contributed by atoms with Crippen molar-refractivity contribution < 1.29 is 13.6 Å².